The minimum absolute atomic E-state index is 0.0855. The lowest BCUT2D eigenvalue weighted by molar-refractivity contribution is 0.0639. The smallest absolute Gasteiger partial charge is 0.256 e. The second-order valence-corrected chi connectivity index (χ2v) is 4.70. The van der Waals surface area contributed by atoms with Crippen molar-refractivity contribution in [1.82, 2.24) is 9.97 Å². The normalized spacial score (nSPS) is 14.8. The molecule has 0 aliphatic heterocycles. The summed E-state index contributed by atoms with van der Waals surface area (Å²) in [7, 11) is 3.50. The molecule has 0 radical (unpaired) electrons. The van der Waals surface area contributed by atoms with E-state index in [1.54, 1.807) is 19.0 Å². The molecule has 0 saturated heterocycles. The second-order valence-electron chi connectivity index (χ2n) is 4.34. The van der Waals surface area contributed by atoms with Gasteiger partial charge in [0.05, 0.1) is 5.54 Å². The molecule has 0 aliphatic rings. The minimum atomic E-state index is -2.64. The summed E-state index contributed by atoms with van der Waals surface area (Å²) >= 11 is 5.91. The van der Waals surface area contributed by atoms with E-state index >= 15 is 0 Å². The number of nitrogens with zero attached hydrogens (tertiary/aromatic N) is 3. The molecular formula is C10H15ClF2N4. The van der Waals surface area contributed by atoms with Crippen LogP contribution in [0.15, 0.2) is 6.33 Å². The fourth-order valence-corrected chi connectivity index (χ4v) is 1.57. The molecule has 4 nitrogen and oxygen atoms in total. The Kier molecular flexibility index (Phi) is 4.21. The maximum absolute atomic E-state index is 12.7. The molecule has 1 heterocycles. The van der Waals surface area contributed by atoms with Gasteiger partial charge in [-0.3, -0.25) is 0 Å². The van der Waals surface area contributed by atoms with Crippen molar-refractivity contribution in [3.63, 3.8) is 0 Å². The van der Waals surface area contributed by atoms with Crippen LogP contribution in [-0.2, 0) is 6.42 Å². The van der Waals surface area contributed by atoms with Gasteiger partial charge in [0.1, 0.15) is 17.3 Å². The molecular weight excluding hydrogens is 250 g/mol. The average molecular weight is 265 g/mol. The third kappa shape index (κ3) is 3.23. The van der Waals surface area contributed by atoms with Crippen molar-refractivity contribution in [3.8, 4) is 0 Å². The van der Waals surface area contributed by atoms with Gasteiger partial charge in [-0.25, -0.2) is 18.7 Å². The number of halogens is 3. The molecule has 7 heteroatoms. The summed E-state index contributed by atoms with van der Waals surface area (Å²) in [5.74, 6) is 0.502. The van der Waals surface area contributed by atoms with Crippen molar-refractivity contribution in [2.75, 3.05) is 19.0 Å². The SMILES string of the molecule is CN(C)c1ncnc(Cl)c1CC(C)(N)C(F)F. The van der Waals surface area contributed by atoms with E-state index in [1.807, 2.05) is 0 Å². The lowest BCUT2D eigenvalue weighted by atomic mass is 9.95. The molecule has 1 rings (SSSR count). The van der Waals surface area contributed by atoms with Crippen LogP contribution in [0.5, 0.6) is 0 Å². The van der Waals surface area contributed by atoms with Crippen LogP contribution in [0.25, 0.3) is 0 Å². The summed E-state index contributed by atoms with van der Waals surface area (Å²) < 4.78 is 25.5. The van der Waals surface area contributed by atoms with Crippen LogP contribution < -0.4 is 10.6 Å². The zero-order valence-electron chi connectivity index (χ0n) is 9.91. The molecule has 1 aromatic heterocycles. The van der Waals surface area contributed by atoms with Gasteiger partial charge in [0, 0.05) is 26.1 Å². The molecule has 0 bridgehead atoms. The van der Waals surface area contributed by atoms with Gasteiger partial charge in [0.15, 0.2) is 0 Å². The number of hydrogen-bond acceptors (Lipinski definition) is 4. The Morgan fingerprint density at radius 2 is 2.06 bits per heavy atom. The number of hydrogen-bond donors (Lipinski definition) is 1. The number of rotatable bonds is 4. The molecule has 1 aromatic rings. The van der Waals surface area contributed by atoms with Gasteiger partial charge in [-0.2, -0.15) is 0 Å². The zero-order valence-corrected chi connectivity index (χ0v) is 10.7. The minimum Gasteiger partial charge on any atom is -0.362 e. The molecule has 17 heavy (non-hydrogen) atoms. The Morgan fingerprint density at radius 1 is 1.47 bits per heavy atom. The van der Waals surface area contributed by atoms with Gasteiger partial charge in [0.25, 0.3) is 6.43 Å². The predicted molar refractivity (Wildman–Crippen MR) is 63.7 cm³/mol. The van der Waals surface area contributed by atoms with Crippen molar-refractivity contribution < 1.29 is 8.78 Å². The quantitative estimate of drug-likeness (QED) is 0.842. The molecule has 0 aliphatic carbocycles. The summed E-state index contributed by atoms with van der Waals surface area (Å²) in [6, 6.07) is 0. The Bertz CT molecular complexity index is 396. The highest BCUT2D eigenvalue weighted by Gasteiger charge is 2.33. The van der Waals surface area contributed by atoms with Crippen molar-refractivity contribution >= 4 is 17.4 Å². The molecule has 2 N–H and O–H groups in total. The van der Waals surface area contributed by atoms with Gasteiger partial charge in [-0.15, -0.1) is 0 Å². The molecule has 1 atom stereocenters. The highest BCUT2D eigenvalue weighted by atomic mass is 35.5. The van der Waals surface area contributed by atoms with Crippen LogP contribution in [0.3, 0.4) is 0 Å². The first kappa shape index (κ1) is 14.1. The Hall–Kier alpha value is -1.01. The monoisotopic (exact) mass is 264 g/mol. The van der Waals surface area contributed by atoms with Crippen molar-refractivity contribution in [2.24, 2.45) is 5.73 Å². The average Bonchev–Trinajstić information content (AvgIpc) is 2.20. The molecule has 0 amide bonds. The van der Waals surface area contributed by atoms with Gasteiger partial charge in [-0.05, 0) is 6.92 Å². The van der Waals surface area contributed by atoms with E-state index in [1.165, 1.54) is 13.3 Å². The van der Waals surface area contributed by atoms with Gasteiger partial charge in [-0.1, -0.05) is 11.6 Å². The summed E-state index contributed by atoms with van der Waals surface area (Å²) in [6.45, 7) is 1.28. The predicted octanol–water partition coefficient (Wildman–Crippen LogP) is 1.72. The molecule has 0 saturated carbocycles. The van der Waals surface area contributed by atoms with Crippen molar-refractivity contribution in [2.45, 2.75) is 25.3 Å². The van der Waals surface area contributed by atoms with E-state index in [-0.39, 0.29) is 11.6 Å². The molecule has 1 unspecified atom stereocenters. The first-order valence-corrected chi connectivity index (χ1v) is 5.37. The lowest BCUT2D eigenvalue weighted by Crippen LogP contribution is -2.46. The number of aromatic nitrogens is 2. The van der Waals surface area contributed by atoms with E-state index in [9.17, 15) is 8.78 Å². The third-order valence-corrected chi connectivity index (χ3v) is 2.68. The Morgan fingerprint density at radius 3 is 2.53 bits per heavy atom. The zero-order chi connectivity index (χ0) is 13.2. The maximum atomic E-state index is 12.7. The summed E-state index contributed by atoms with van der Waals surface area (Å²) in [6.07, 6.45) is -1.44. The Labute approximate surface area is 104 Å². The van der Waals surface area contributed by atoms with E-state index in [0.29, 0.717) is 11.4 Å². The van der Waals surface area contributed by atoms with Crippen molar-refractivity contribution in [1.29, 1.82) is 0 Å². The van der Waals surface area contributed by atoms with E-state index in [0.717, 1.165) is 0 Å². The van der Waals surface area contributed by atoms with Crippen molar-refractivity contribution in [3.05, 3.63) is 17.0 Å². The summed E-state index contributed by atoms with van der Waals surface area (Å²) in [5, 5.41) is 0.154. The molecule has 0 aromatic carbocycles. The van der Waals surface area contributed by atoms with E-state index in [4.69, 9.17) is 17.3 Å². The number of alkyl halides is 2. The molecule has 0 fully saturated rings. The molecule has 0 spiro atoms. The first-order valence-electron chi connectivity index (χ1n) is 4.99. The van der Waals surface area contributed by atoms with Gasteiger partial charge < -0.3 is 10.6 Å². The first-order chi connectivity index (χ1) is 7.75. The van der Waals surface area contributed by atoms with E-state index in [2.05, 4.69) is 9.97 Å². The topological polar surface area (TPSA) is 55.0 Å². The molecule has 96 valence electrons. The maximum Gasteiger partial charge on any atom is 0.256 e. The third-order valence-electron chi connectivity index (χ3n) is 2.35. The lowest BCUT2D eigenvalue weighted by Gasteiger charge is -2.26. The van der Waals surface area contributed by atoms with Crippen LogP contribution in [0.1, 0.15) is 12.5 Å². The summed E-state index contributed by atoms with van der Waals surface area (Å²) in [5.41, 5.74) is 4.33. The highest BCUT2D eigenvalue weighted by molar-refractivity contribution is 6.30. The van der Waals surface area contributed by atoms with Crippen LogP contribution in [0.2, 0.25) is 5.15 Å². The van der Waals surface area contributed by atoms with E-state index < -0.39 is 12.0 Å². The number of anilines is 1. The fraction of sp³-hybridized carbons (Fsp3) is 0.600. The standard InChI is InChI=1S/C10H15ClF2N4/c1-10(14,9(12)13)4-6-7(11)15-5-16-8(6)17(2)3/h5,9H,4,14H2,1-3H3. The fourth-order valence-electron chi connectivity index (χ4n) is 1.38. The van der Waals surface area contributed by atoms with Crippen LogP contribution in [0, 0.1) is 0 Å². The second kappa shape index (κ2) is 5.10. The highest BCUT2D eigenvalue weighted by Crippen LogP contribution is 2.27. The Balaban J connectivity index is 3.13. The van der Waals surface area contributed by atoms with Crippen LogP contribution in [-0.4, -0.2) is 36.0 Å². The van der Waals surface area contributed by atoms with Crippen LogP contribution in [0.4, 0.5) is 14.6 Å². The van der Waals surface area contributed by atoms with Gasteiger partial charge in [0.2, 0.25) is 0 Å². The largest absolute Gasteiger partial charge is 0.362 e. The van der Waals surface area contributed by atoms with Crippen LogP contribution >= 0.6 is 11.6 Å². The van der Waals surface area contributed by atoms with Gasteiger partial charge >= 0.3 is 0 Å². The number of nitrogens with two attached hydrogens (primary N) is 1. The summed E-state index contributed by atoms with van der Waals surface area (Å²) in [4.78, 5) is 9.49.